The number of aromatic nitrogens is 4. The second-order valence-corrected chi connectivity index (χ2v) is 8.15. The second-order valence-electron chi connectivity index (χ2n) is 7.16. The van der Waals surface area contributed by atoms with Gasteiger partial charge < -0.3 is 0 Å². The number of thioether (sulfide) groups is 1. The Balaban J connectivity index is 1.36. The fourth-order valence-electron chi connectivity index (χ4n) is 3.51. The molecule has 0 radical (unpaired) electrons. The topological polar surface area (TPSA) is 91.8 Å². The van der Waals surface area contributed by atoms with Gasteiger partial charge in [0.2, 0.25) is 5.82 Å². The van der Waals surface area contributed by atoms with Crippen LogP contribution in [0.5, 0.6) is 0 Å². The van der Waals surface area contributed by atoms with E-state index in [1.165, 1.54) is 4.90 Å². The molecule has 0 bridgehead atoms. The van der Waals surface area contributed by atoms with Crippen LogP contribution in [0.1, 0.15) is 11.1 Å². The summed E-state index contributed by atoms with van der Waals surface area (Å²) in [6.07, 6.45) is 1.75. The number of nitrogens with one attached hydrogen (secondary N) is 1. The van der Waals surface area contributed by atoms with Gasteiger partial charge in [0.05, 0.1) is 11.4 Å². The summed E-state index contributed by atoms with van der Waals surface area (Å²) in [6, 6.07) is 25.1. The van der Waals surface area contributed by atoms with Crippen molar-refractivity contribution in [2.45, 2.75) is 6.54 Å². The number of tetrazole rings is 1. The van der Waals surface area contributed by atoms with E-state index in [4.69, 9.17) is 0 Å². The number of hydrogen-bond donors (Lipinski definition) is 1. The molecule has 1 aromatic heterocycles. The van der Waals surface area contributed by atoms with Crippen LogP contribution in [0.15, 0.2) is 83.8 Å². The van der Waals surface area contributed by atoms with Crippen LogP contribution in [0.25, 0.3) is 28.6 Å². The summed E-state index contributed by atoms with van der Waals surface area (Å²) >= 11 is 0.972. The molecule has 1 aliphatic heterocycles. The molecule has 5 rings (SSSR count). The molecule has 156 valence electrons. The lowest BCUT2D eigenvalue weighted by molar-refractivity contribution is -0.123. The third-order valence-electron chi connectivity index (χ3n) is 5.09. The van der Waals surface area contributed by atoms with E-state index in [2.05, 4.69) is 20.6 Å². The Hall–Kier alpha value is -4.04. The molecule has 0 saturated carbocycles. The highest BCUT2D eigenvalue weighted by atomic mass is 32.2. The summed E-state index contributed by atoms with van der Waals surface area (Å²) in [6.45, 7) is 0.226. The van der Waals surface area contributed by atoms with Gasteiger partial charge in [-0.3, -0.25) is 14.5 Å². The summed E-state index contributed by atoms with van der Waals surface area (Å²) in [5, 5.41) is 14.0. The van der Waals surface area contributed by atoms with E-state index in [0.717, 1.165) is 39.6 Å². The first-order valence-electron chi connectivity index (χ1n) is 9.91. The molecule has 0 unspecified atom stereocenters. The van der Waals surface area contributed by atoms with Crippen molar-refractivity contribution >= 4 is 29.0 Å². The van der Waals surface area contributed by atoms with E-state index < -0.39 is 0 Å². The maximum absolute atomic E-state index is 12.8. The fourth-order valence-corrected chi connectivity index (χ4v) is 4.35. The molecule has 1 aliphatic rings. The molecule has 3 aromatic carbocycles. The average Bonchev–Trinajstić information content (AvgIpc) is 3.45. The molecule has 4 aromatic rings. The number of carbonyl (C=O) groups excluding carboxylic acids is 2. The minimum atomic E-state index is -0.268. The zero-order chi connectivity index (χ0) is 21.9. The molecule has 1 N–H and O–H groups in total. The maximum Gasteiger partial charge on any atom is 0.293 e. The van der Waals surface area contributed by atoms with Crippen LogP contribution in [0.3, 0.4) is 0 Å². The van der Waals surface area contributed by atoms with E-state index in [-0.39, 0.29) is 17.7 Å². The first kappa shape index (κ1) is 19.9. The lowest BCUT2D eigenvalue weighted by Crippen LogP contribution is -2.27. The first-order valence-corrected chi connectivity index (χ1v) is 10.7. The van der Waals surface area contributed by atoms with Gasteiger partial charge in [-0.05, 0) is 45.3 Å². The number of benzene rings is 3. The lowest BCUT2D eigenvalue weighted by atomic mass is 9.98. The highest BCUT2D eigenvalue weighted by molar-refractivity contribution is 8.18. The number of rotatable bonds is 5. The number of nitrogens with zero attached hydrogens (tertiary/aromatic N) is 4. The minimum Gasteiger partial charge on any atom is -0.268 e. The number of aromatic amines is 1. The molecule has 1 saturated heterocycles. The van der Waals surface area contributed by atoms with Crippen LogP contribution in [0, 0.1) is 0 Å². The van der Waals surface area contributed by atoms with Crippen molar-refractivity contribution in [3.8, 4) is 22.5 Å². The van der Waals surface area contributed by atoms with Crippen LogP contribution in [0.2, 0.25) is 0 Å². The lowest BCUT2D eigenvalue weighted by Gasteiger charge is -2.13. The average molecular weight is 440 g/mol. The van der Waals surface area contributed by atoms with Gasteiger partial charge in [-0.15, -0.1) is 10.2 Å². The molecular formula is C24H17N5O2S. The van der Waals surface area contributed by atoms with Crippen molar-refractivity contribution in [2.75, 3.05) is 0 Å². The van der Waals surface area contributed by atoms with E-state index in [1.54, 1.807) is 6.08 Å². The third kappa shape index (κ3) is 3.95. The first-order chi connectivity index (χ1) is 15.7. The van der Waals surface area contributed by atoms with Gasteiger partial charge >= 0.3 is 0 Å². The summed E-state index contributed by atoms with van der Waals surface area (Å²) in [7, 11) is 0. The smallest absolute Gasteiger partial charge is 0.268 e. The van der Waals surface area contributed by atoms with E-state index >= 15 is 0 Å². The zero-order valence-electron chi connectivity index (χ0n) is 16.8. The standard InChI is InChI=1S/C24H17N5O2S/c30-23-21(14-16-6-2-1-3-7-16)32-24(31)29(23)15-17-10-12-18(13-11-17)19-8-4-5-9-20(19)22-25-27-28-26-22/h1-14H,15H2,(H,25,26,27,28)/b21-14-. The van der Waals surface area contributed by atoms with E-state index in [0.29, 0.717) is 10.7 Å². The van der Waals surface area contributed by atoms with Crippen molar-refractivity contribution in [1.29, 1.82) is 0 Å². The van der Waals surface area contributed by atoms with Crippen molar-refractivity contribution in [1.82, 2.24) is 25.5 Å². The van der Waals surface area contributed by atoms with Gasteiger partial charge in [0, 0.05) is 5.56 Å². The molecule has 0 atom stereocenters. The summed E-state index contributed by atoms with van der Waals surface area (Å²) in [4.78, 5) is 27.0. The predicted molar refractivity (Wildman–Crippen MR) is 123 cm³/mol. The number of imide groups is 1. The predicted octanol–water partition coefficient (Wildman–Crippen LogP) is 4.77. The number of hydrogen-bond acceptors (Lipinski definition) is 6. The van der Waals surface area contributed by atoms with Gasteiger partial charge in [0.15, 0.2) is 0 Å². The summed E-state index contributed by atoms with van der Waals surface area (Å²) in [5.74, 6) is 0.253. The number of amides is 2. The van der Waals surface area contributed by atoms with Gasteiger partial charge in [0.25, 0.3) is 11.1 Å². The Bertz CT molecular complexity index is 1300. The largest absolute Gasteiger partial charge is 0.293 e. The van der Waals surface area contributed by atoms with Crippen LogP contribution >= 0.6 is 11.8 Å². The normalized spacial score (nSPS) is 15.0. The highest BCUT2D eigenvalue weighted by Crippen LogP contribution is 2.34. The fraction of sp³-hybridized carbons (Fsp3) is 0.0417. The molecule has 32 heavy (non-hydrogen) atoms. The monoisotopic (exact) mass is 439 g/mol. The molecular weight excluding hydrogens is 422 g/mol. The van der Waals surface area contributed by atoms with Crippen molar-refractivity contribution < 1.29 is 9.59 Å². The highest BCUT2D eigenvalue weighted by Gasteiger charge is 2.34. The van der Waals surface area contributed by atoms with Gasteiger partial charge in [0.1, 0.15) is 0 Å². The van der Waals surface area contributed by atoms with Gasteiger partial charge in [-0.1, -0.05) is 78.9 Å². The molecule has 0 aliphatic carbocycles. The van der Waals surface area contributed by atoms with Crippen molar-refractivity contribution in [3.63, 3.8) is 0 Å². The minimum absolute atomic E-state index is 0.226. The quantitative estimate of drug-likeness (QED) is 0.451. The van der Waals surface area contributed by atoms with Crippen LogP contribution in [0.4, 0.5) is 4.79 Å². The summed E-state index contributed by atoms with van der Waals surface area (Å²) in [5.41, 5.74) is 4.58. The van der Waals surface area contributed by atoms with E-state index in [9.17, 15) is 9.59 Å². The molecule has 2 amide bonds. The Morgan fingerprint density at radius 1 is 0.875 bits per heavy atom. The van der Waals surface area contributed by atoms with Crippen molar-refractivity contribution in [2.24, 2.45) is 0 Å². The number of carbonyl (C=O) groups is 2. The van der Waals surface area contributed by atoms with Crippen molar-refractivity contribution in [3.05, 3.63) is 94.9 Å². The number of H-pyrrole nitrogens is 1. The summed E-state index contributed by atoms with van der Waals surface area (Å²) < 4.78 is 0. The van der Waals surface area contributed by atoms with E-state index in [1.807, 2.05) is 78.9 Å². The van der Waals surface area contributed by atoms with Crippen LogP contribution in [-0.4, -0.2) is 36.7 Å². The Morgan fingerprint density at radius 3 is 2.31 bits per heavy atom. The SMILES string of the molecule is O=C1S/C(=C\c2ccccc2)C(=O)N1Cc1ccc(-c2ccccc2-c2nn[nH]n2)cc1. The zero-order valence-corrected chi connectivity index (χ0v) is 17.6. The Labute approximate surface area is 188 Å². The molecule has 0 spiro atoms. The Kier molecular flexibility index (Phi) is 5.35. The van der Waals surface area contributed by atoms with Crippen LogP contribution < -0.4 is 0 Å². The van der Waals surface area contributed by atoms with Gasteiger partial charge in [-0.2, -0.15) is 5.21 Å². The molecule has 7 nitrogen and oxygen atoms in total. The maximum atomic E-state index is 12.8. The second kappa shape index (κ2) is 8.60. The Morgan fingerprint density at radius 2 is 1.59 bits per heavy atom. The van der Waals surface area contributed by atoms with Crippen LogP contribution in [-0.2, 0) is 11.3 Å². The third-order valence-corrected chi connectivity index (χ3v) is 6.00. The van der Waals surface area contributed by atoms with Gasteiger partial charge in [-0.25, -0.2) is 0 Å². The molecule has 2 heterocycles. The molecule has 8 heteroatoms. The molecule has 1 fully saturated rings.